The summed E-state index contributed by atoms with van der Waals surface area (Å²) in [5.74, 6) is 1.55. The minimum absolute atomic E-state index is 0.691. The average Bonchev–Trinajstić information content (AvgIpc) is 2.93. The van der Waals surface area contributed by atoms with Gasteiger partial charge in [-0.1, -0.05) is 6.92 Å². The molecule has 16 heavy (non-hydrogen) atoms. The molecule has 0 spiro atoms. The minimum atomic E-state index is 0.691. The second-order valence-corrected chi connectivity index (χ2v) is 5.69. The summed E-state index contributed by atoms with van der Waals surface area (Å²) in [7, 11) is 0. The van der Waals surface area contributed by atoms with Crippen LogP contribution in [0.4, 0.5) is 0 Å². The van der Waals surface area contributed by atoms with Gasteiger partial charge >= 0.3 is 0 Å². The Labute approximate surface area is 95.3 Å². The predicted molar refractivity (Wildman–Crippen MR) is 64.0 cm³/mol. The number of furan rings is 2. The van der Waals surface area contributed by atoms with Crippen molar-refractivity contribution in [3.05, 3.63) is 23.3 Å². The predicted octanol–water partition coefficient (Wildman–Crippen LogP) is 3.03. The van der Waals surface area contributed by atoms with Gasteiger partial charge in [-0.05, 0) is 43.4 Å². The van der Waals surface area contributed by atoms with E-state index in [9.17, 15) is 0 Å². The third kappa shape index (κ3) is 1.01. The Hall–Kier alpha value is -1.02. The summed E-state index contributed by atoms with van der Waals surface area (Å²) in [4.78, 5) is 0. The zero-order valence-corrected chi connectivity index (χ0v) is 9.79. The second kappa shape index (κ2) is 2.80. The van der Waals surface area contributed by atoms with Crippen molar-refractivity contribution in [2.45, 2.75) is 44.7 Å². The highest BCUT2D eigenvalue weighted by molar-refractivity contribution is 5.71. The Bertz CT molecular complexity index is 527. The van der Waals surface area contributed by atoms with Crippen molar-refractivity contribution in [2.24, 2.45) is 5.92 Å². The van der Waals surface area contributed by atoms with E-state index in [1.165, 1.54) is 24.0 Å². The molecule has 4 atom stereocenters. The lowest BCUT2D eigenvalue weighted by Gasteiger charge is -2.23. The molecule has 2 heteroatoms. The third-order valence-corrected chi connectivity index (χ3v) is 4.66. The Morgan fingerprint density at radius 2 is 2.06 bits per heavy atom. The molecule has 2 aromatic rings. The van der Waals surface area contributed by atoms with Gasteiger partial charge in [0.2, 0.25) is 0 Å². The molecule has 2 saturated heterocycles. The van der Waals surface area contributed by atoms with Crippen LogP contribution in [-0.4, -0.2) is 12.1 Å². The van der Waals surface area contributed by atoms with Gasteiger partial charge in [0, 0.05) is 23.6 Å². The lowest BCUT2D eigenvalue weighted by molar-refractivity contribution is 0.406. The molecule has 0 radical (unpaired) electrons. The summed E-state index contributed by atoms with van der Waals surface area (Å²) >= 11 is 0. The van der Waals surface area contributed by atoms with Crippen molar-refractivity contribution >= 4 is 11.2 Å². The lowest BCUT2D eigenvalue weighted by atomic mass is 9.79. The van der Waals surface area contributed by atoms with Gasteiger partial charge in [0.15, 0.2) is 0 Å². The number of nitrogens with one attached hydrogen (secondary N) is 1. The molecule has 84 valence electrons. The smallest absolute Gasteiger partial charge is 0.131 e. The average molecular weight is 215 g/mol. The molecule has 4 rings (SSSR count). The van der Waals surface area contributed by atoms with Crippen LogP contribution in [0.3, 0.4) is 0 Å². The third-order valence-electron chi connectivity index (χ3n) is 4.66. The number of hydrogen-bond donors (Lipinski definition) is 1. The van der Waals surface area contributed by atoms with E-state index in [1.807, 2.05) is 0 Å². The van der Waals surface area contributed by atoms with Crippen molar-refractivity contribution in [2.75, 3.05) is 0 Å². The maximum atomic E-state index is 5.76. The van der Waals surface area contributed by atoms with E-state index in [-0.39, 0.29) is 0 Å². The number of aryl methyl sites for hydroxylation is 1. The molecule has 2 nitrogen and oxygen atoms in total. The first-order valence-corrected chi connectivity index (χ1v) is 6.31. The van der Waals surface area contributed by atoms with Crippen LogP contribution in [0, 0.1) is 12.8 Å². The van der Waals surface area contributed by atoms with Gasteiger partial charge in [-0.2, -0.15) is 0 Å². The largest absolute Gasteiger partial charge is 0.457 e. The van der Waals surface area contributed by atoms with Gasteiger partial charge in [-0.3, -0.25) is 0 Å². The zero-order chi connectivity index (χ0) is 10.9. The van der Waals surface area contributed by atoms with Crippen LogP contribution in [0.25, 0.3) is 11.2 Å². The topological polar surface area (TPSA) is 25.2 Å². The van der Waals surface area contributed by atoms with Gasteiger partial charge < -0.3 is 9.73 Å². The van der Waals surface area contributed by atoms with E-state index >= 15 is 0 Å². The van der Waals surface area contributed by atoms with Gasteiger partial charge in [0.25, 0.3) is 0 Å². The summed E-state index contributed by atoms with van der Waals surface area (Å²) in [5.41, 5.74) is 4.94. The molecule has 2 aliphatic rings. The van der Waals surface area contributed by atoms with Crippen LogP contribution in [0.2, 0.25) is 0 Å². The first-order valence-electron chi connectivity index (χ1n) is 6.31. The Morgan fingerprint density at radius 1 is 1.19 bits per heavy atom. The van der Waals surface area contributed by atoms with Gasteiger partial charge in [0.05, 0.1) is 0 Å². The molecule has 0 aromatic carbocycles. The summed E-state index contributed by atoms with van der Waals surface area (Å²) < 4.78 is 5.76. The first-order chi connectivity index (χ1) is 7.72. The highest BCUT2D eigenvalue weighted by atomic mass is 16.3. The van der Waals surface area contributed by atoms with E-state index in [0.29, 0.717) is 12.0 Å². The van der Waals surface area contributed by atoms with Crippen molar-refractivity contribution in [3.8, 4) is 0 Å². The summed E-state index contributed by atoms with van der Waals surface area (Å²) in [5, 5.41) is 3.74. The fourth-order valence-electron chi connectivity index (χ4n) is 3.72. The molecule has 4 heterocycles. The maximum Gasteiger partial charge on any atom is 0.131 e. The normalized spacial score (nSPS) is 37.9. The number of benzene rings is 1. The molecule has 0 amide bonds. The Balaban J connectivity index is 1.72. The van der Waals surface area contributed by atoms with E-state index in [2.05, 4.69) is 31.3 Å². The summed E-state index contributed by atoms with van der Waals surface area (Å²) in [6, 6.07) is 5.89. The van der Waals surface area contributed by atoms with Crippen molar-refractivity contribution in [1.82, 2.24) is 5.32 Å². The fourth-order valence-corrected chi connectivity index (χ4v) is 3.72. The molecule has 1 N–H and O–H groups in total. The van der Waals surface area contributed by atoms with E-state index in [0.717, 1.165) is 23.1 Å². The highest BCUT2D eigenvalue weighted by Crippen LogP contribution is 2.45. The zero-order valence-electron chi connectivity index (χ0n) is 9.79. The van der Waals surface area contributed by atoms with Crippen molar-refractivity contribution in [3.63, 3.8) is 0 Å². The van der Waals surface area contributed by atoms with Gasteiger partial charge in [-0.25, -0.2) is 0 Å². The fraction of sp³-hybridized carbons (Fsp3) is 0.571. The quantitative estimate of drug-likeness (QED) is 0.791. The Morgan fingerprint density at radius 3 is 2.56 bits per heavy atom. The summed E-state index contributed by atoms with van der Waals surface area (Å²) in [6.07, 6.45) is 2.63. The second-order valence-electron chi connectivity index (χ2n) is 5.69. The van der Waals surface area contributed by atoms with Crippen LogP contribution in [0.5, 0.6) is 0 Å². The molecular formula is C14H17NO. The molecule has 0 saturated carbocycles. The summed E-state index contributed by atoms with van der Waals surface area (Å²) in [6.45, 7) is 4.49. The molecular weight excluding hydrogens is 198 g/mol. The minimum Gasteiger partial charge on any atom is -0.457 e. The number of hydrogen-bond acceptors (Lipinski definition) is 2. The lowest BCUT2D eigenvalue weighted by Crippen LogP contribution is -2.21. The van der Waals surface area contributed by atoms with E-state index in [1.54, 1.807) is 0 Å². The maximum absolute atomic E-state index is 5.76. The number of rotatable bonds is 1. The van der Waals surface area contributed by atoms with E-state index in [4.69, 9.17) is 4.42 Å². The molecule has 2 aliphatic heterocycles. The van der Waals surface area contributed by atoms with Crippen LogP contribution in [0.15, 0.2) is 16.5 Å². The van der Waals surface area contributed by atoms with Crippen LogP contribution in [0.1, 0.15) is 36.8 Å². The van der Waals surface area contributed by atoms with Crippen molar-refractivity contribution in [1.29, 1.82) is 0 Å². The first kappa shape index (κ1) is 9.06. The van der Waals surface area contributed by atoms with Gasteiger partial charge in [-0.15, -0.1) is 0 Å². The Kier molecular flexibility index (Phi) is 1.59. The standard InChI is InChI=1S/C14H17NO/c1-7-3-12-9(5-11(7)15-12)10-6-13-8(2)4-14(10)16-13/h4,6-7,9,11-12,15H,3,5H2,1-2H3/t7-,9?,11?,12?/m1/s1. The SMILES string of the molecule is Cc1cc2oc1cc2C1CC2NC1C[C@H]2C. The molecule has 0 aliphatic carbocycles. The molecule has 2 fully saturated rings. The van der Waals surface area contributed by atoms with Crippen molar-refractivity contribution < 1.29 is 4.42 Å². The van der Waals surface area contributed by atoms with E-state index < -0.39 is 0 Å². The number of fused-ring (bicyclic) bond motifs is 4. The van der Waals surface area contributed by atoms with Crippen LogP contribution in [-0.2, 0) is 0 Å². The van der Waals surface area contributed by atoms with Crippen LogP contribution >= 0.6 is 0 Å². The monoisotopic (exact) mass is 215 g/mol. The van der Waals surface area contributed by atoms with Crippen LogP contribution < -0.4 is 5.32 Å². The molecule has 3 unspecified atom stereocenters. The van der Waals surface area contributed by atoms with Gasteiger partial charge in [0.1, 0.15) is 11.2 Å². The molecule has 2 aromatic heterocycles. The molecule has 4 bridgehead atoms. The highest BCUT2D eigenvalue weighted by Gasteiger charge is 2.45.